The standard InChI is InChI=1S/C10H16N2O4/c11-8-5-16-4-7(8)10(15)12(3-9(13)14)6-1-2-6/h6-8H,1-5,11H2,(H,13,14). The lowest BCUT2D eigenvalue weighted by Crippen LogP contribution is -2.46. The van der Waals surface area contributed by atoms with Crippen LogP contribution >= 0.6 is 0 Å². The topological polar surface area (TPSA) is 92.9 Å². The first-order valence-corrected chi connectivity index (χ1v) is 5.45. The van der Waals surface area contributed by atoms with E-state index in [9.17, 15) is 9.59 Å². The summed E-state index contributed by atoms with van der Waals surface area (Å²) in [5, 5.41) is 8.76. The molecule has 1 saturated carbocycles. The predicted molar refractivity (Wildman–Crippen MR) is 54.7 cm³/mol. The Morgan fingerprint density at radius 1 is 1.38 bits per heavy atom. The van der Waals surface area contributed by atoms with Crippen molar-refractivity contribution >= 4 is 11.9 Å². The highest BCUT2D eigenvalue weighted by Gasteiger charge is 2.40. The summed E-state index contributed by atoms with van der Waals surface area (Å²) in [6, 6.07) is -0.209. The van der Waals surface area contributed by atoms with Gasteiger partial charge in [0.1, 0.15) is 6.54 Å². The Morgan fingerprint density at radius 2 is 2.06 bits per heavy atom. The van der Waals surface area contributed by atoms with E-state index in [1.54, 1.807) is 0 Å². The summed E-state index contributed by atoms with van der Waals surface area (Å²) in [4.78, 5) is 24.2. The van der Waals surface area contributed by atoms with Crippen molar-refractivity contribution in [3.05, 3.63) is 0 Å². The second kappa shape index (κ2) is 4.39. The van der Waals surface area contributed by atoms with E-state index in [0.717, 1.165) is 12.8 Å². The molecule has 1 aliphatic carbocycles. The fourth-order valence-corrected chi connectivity index (χ4v) is 1.96. The maximum Gasteiger partial charge on any atom is 0.323 e. The van der Waals surface area contributed by atoms with Gasteiger partial charge in [0.05, 0.1) is 19.1 Å². The van der Waals surface area contributed by atoms with Crippen LogP contribution in [0.2, 0.25) is 0 Å². The van der Waals surface area contributed by atoms with Crippen molar-refractivity contribution in [2.24, 2.45) is 11.7 Å². The van der Waals surface area contributed by atoms with Crippen molar-refractivity contribution in [1.82, 2.24) is 4.90 Å². The van der Waals surface area contributed by atoms with Gasteiger partial charge in [0.2, 0.25) is 5.91 Å². The van der Waals surface area contributed by atoms with Gasteiger partial charge in [-0.3, -0.25) is 9.59 Å². The molecule has 2 unspecified atom stereocenters. The molecule has 1 amide bonds. The zero-order valence-electron chi connectivity index (χ0n) is 8.96. The van der Waals surface area contributed by atoms with Gasteiger partial charge in [0.15, 0.2) is 0 Å². The van der Waals surface area contributed by atoms with Gasteiger partial charge >= 0.3 is 5.97 Å². The molecule has 6 nitrogen and oxygen atoms in total. The minimum absolute atomic E-state index is 0.0939. The Balaban J connectivity index is 2.01. The molecule has 0 aromatic carbocycles. The molecule has 90 valence electrons. The zero-order valence-corrected chi connectivity index (χ0v) is 8.96. The molecule has 2 aliphatic rings. The van der Waals surface area contributed by atoms with Crippen LogP contribution in [0.1, 0.15) is 12.8 Å². The van der Waals surface area contributed by atoms with E-state index in [4.69, 9.17) is 15.6 Å². The Kier molecular flexibility index (Phi) is 3.11. The summed E-state index contributed by atoms with van der Waals surface area (Å²) in [5.74, 6) is -1.53. The van der Waals surface area contributed by atoms with Crippen molar-refractivity contribution < 1.29 is 19.4 Å². The third kappa shape index (κ3) is 2.33. The molecule has 2 rings (SSSR count). The zero-order chi connectivity index (χ0) is 11.7. The molecule has 16 heavy (non-hydrogen) atoms. The van der Waals surface area contributed by atoms with Crippen LogP contribution in [0.5, 0.6) is 0 Å². The maximum absolute atomic E-state index is 12.1. The number of carbonyl (C=O) groups is 2. The second-order valence-corrected chi connectivity index (χ2v) is 4.40. The quantitative estimate of drug-likeness (QED) is 0.646. The first-order chi connectivity index (χ1) is 7.59. The number of aliphatic carboxylic acids is 1. The van der Waals surface area contributed by atoms with Crippen LogP contribution in [-0.4, -0.2) is 53.7 Å². The van der Waals surface area contributed by atoms with Crippen LogP contribution in [-0.2, 0) is 14.3 Å². The fourth-order valence-electron chi connectivity index (χ4n) is 1.96. The van der Waals surface area contributed by atoms with Crippen LogP contribution in [0.25, 0.3) is 0 Å². The number of hydrogen-bond acceptors (Lipinski definition) is 4. The Morgan fingerprint density at radius 3 is 2.50 bits per heavy atom. The summed E-state index contributed by atoms with van der Waals surface area (Å²) in [6.07, 6.45) is 1.78. The summed E-state index contributed by atoms with van der Waals surface area (Å²) in [5.41, 5.74) is 5.75. The van der Waals surface area contributed by atoms with Crippen molar-refractivity contribution in [2.45, 2.75) is 24.9 Å². The smallest absolute Gasteiger partial charge is 0.323 e. The number of hydrogen-bond donors (Lipinski definition) is 2. The van der Waals surface area contributed by atoms with E-state index in [-0.39, 0.29) is 30.5 Å². The average Bonchev–Trinajstić information content (AvgIpc) is 2.97. The first kappa shape index (κ1) is 11.3. The summed E-state index contributed by atoms with van der Waals surface area (Å²) >= 11 is 0. The highest BCUT2D eigenvalue weighted by atomic mass is 16.5. The van der Waals surface area contributed by atoms with E-state index >= 15 is 0 Å². The molecule has 0 radical (unpaired) electrons. The normalized spacial score (nSPS) is 29.1. The number of nitrogens with zero attached hydrogens (tertiary/aromatic N) is 1. The molecule has 2 atom stereocenters. The number of carboxylic acids is 1. The number of carboxylic acid groups (broad SMARTS) is 1. The number of carbonyl (C=O) groups excluding carboxylic acids is 1. The van der Waals surface area contributed by atoms with Crippen LogP contribution in [0, 0.1) is 5.92 Å². The van der Waals surface area contributed by atoms with Gasteiger partial charge in [-0.2, -0.15) is 0 Å². The highest BCUT2D eigenvalue weighted by Crippen LogP contribution is 2.29. The summed E-state index contributed by atoms with van der Waals surface area (Å²) in [6.45, 7) is 0.456. The first-order valence-electron chi connectivity index (χ1n) is 5.45. The van der Waals surface area contributed by atoms with Gasteiger partial charge in [-0.1, -0.05) is 0 Å². The van der Waals surface area contributed by atoms with E-state index in [0.29, 0.717) is 13.2 Å². The van der Waals surface area contributed by atoms with Crippen LogP contribution in [0.4, 0.5) is 0 Å². The largest absolute Gasteiger partial charge is 0.480 e. The molecule has 0 aromatic heterocycles. The highest BCUT2D eigenvalue weighted by molar-refractivity contribution is 5.84. The van der Waals surface area contributed by atoms with E-state index in [1.807, 2.05) is 0 Å². The van der Waals surface area contributed by atoms with Crippen molar-refractivity contribution in [1.29, 1.82) is 0 Å². The minimum Gasteiger partial charge on any atom is -0.480 e. The number of nitrogens with two attached hydrogens (primary N) is 1. The molecule has 3 N–H and O–H groups in total. The summed E-state index contributed by atoms with van der Waals surface area (Å²) < 4.78 is 5.13. The number of rotatable bonds is 4. The number of amides is 1. The molecule has 0 bridgehead atoms. The predicted octanol–water partition coefficient (Wildman–Crippen LogP) is -0.964. The Bertz CT molecular complexity index is 303. The van der Waals surface area contributed by atoms with Gasteiger partial charge in [-0.05, 0) is 12.8 Å². The third-order valence-corrected chi connectivity index (χ3v) is 3.02. The van der Waals surface area contributed by atoms with Gasteiger partial charge in [-0.25, -0.2) is 0 Å². The monoisotopic (exact) mass is 228 g/mol. The molecule has 2 fully saturated rings. The van der Waals surface area contributed by atoms with E-state index < -0.39 is 5.97 Å². The van der Waals surface area contributed by atoms with Crippen molar-refractivity contribution in [3.63, 3.8) is 0 Å². The molecule has 6 heteroatoms. The second-order valence-electron chi connectivity index (χ2n) is 4.40. The van der Waals surface area contributed by atoms with E-state index in [1.165, 1.54) is 4.90 Å². The Labute approximate surface area is 93.3 Å². The number of ether oxygens (including phenoxy) is 1. The maximum atomic E-state index is 12.1. The minimum atomic E-state index is -0.979. The fraction of sp³-hybridized carbons (Fsp3) is 0.800. The lowest BCUT2D eigenvalue weighted by atomic mass is 10.0. The van der Waals surface area contributed by atoms with Crippen molar-refractivity contribution in [2.75, 3.05) is 19.8 Å². The van der Waals surface area contributed by atoms with E-state index in [2.05, 4.69) is 0 Å². The summed E-state index contributed by atoms with van der Waals surface area (Å²) in [7, 11) is 0. The molecular weight excluding hydrogens is 212 g/mol. The SMILES string of the molecule is NC1COCC1C(=O)N(CC(=O)O)C1CC1. The van der Waals surface area contributed by atoms with Crippen molar-refractivity contribution in [3.8, 4) is 0 Å². The molecule has 0 aromatic rings. The van der Waals surface area contributed by atoms with Gasteiger partial charge < -0.3 is 20.5 Å². The lowest BCUT2D eigenvalue weighted by molar-refractivity contribution is -0.147. The molecule has 0 spiro atoms. The van der Waals surface area contributed by atoms with Crippen LogP contribution in [0.3, 0.4) is 0 Å². The van der Waals surface area contributed by atoms with Crippen LogP contribution in [0.15, 0.2) is 0 Å². The lowest BCUT2D eigenvalue weighted by Gasteiger charge is -2.24. The molecular formula is C10H16N2O4. The molecule has 1 heterocycles. The molecule has 1 saturated heterocycles. The van der Waals surface area contributed by atoms with Gasteiger partial charge in [0, 0.05) is 12.1 Å². The molecule has 1 aliphatic heterocycles. The third-order valence-electron chi connectivity index (χ3n) is 3.02. The average molecular weight is 228 g/mol. The van der Waals surface area contributed by atoms with Crippen LogP contribution < -0.4 is 5.73 Å². The van der Waals surface area contributed by atoms with Gasteiger partial charge in [-0.15, -0.1) is 0 Å². The Hall–Kier alpha value is -1.14. The van der Waals surface area contributed by atoms with Gasteiger partial charge in [0.25, 0.3) is 0 Å².